The molecule has 4 aliphatic rings. The molecule has 5 heterocycles. The van der Waals surface area contributed by atoms with Gasteiger partial charge in [0.1, 0.15) is 96.7 Å². The number of aliphatic carboxylic acids is 2. The molecule has 2 amide bonds. The first-order chi connectivity index (χ1) is 31.2. The number of aliphatic hydroxyl groups excluding tert-OH is 8. The van der Waals surface area contributed by atoms with Crippen molar-refractivity contribution >= 4 is 34.7 Å². The molecule has 0 spiro atoms. The lowest BCUT2D eigenvalue weighted by Crippen LogP contribution is -2.71. The Morgan fingerprint density at radius 3 is 1.58 bits per heavy atom. The van der Waals surface area contributed by atoms with Crippen molar-refractivity contribution < 1.29 is 117 Å². The predicted molar refractivity (Wildman–Crippen MR) is 209 cm³/mol. The smallest absolute Gasteiger partial charge is 0.336 e. The van der Waals surface area contributed by atoms with Crippen LogP contribution in [0.15, 0.2) is 33.5 Å². The molecule has 4 aliphatic heterocycles. The van der Waals surface area contributed by atoms with Crippen molar-refractivity contribution in [3.05, 3.63) is 40.2 Å². The zero-order valence-corrected chi connectivity index (χ0v) is 35.4. The maximum atomic E-state index is 12.8. The highest BCUT2D eigenvalue weighted by molar-refractivity contribution is 5.81. The topological polar surface area (TPSA) is 408 Å². The minimum Gasteiger partial charge on any atom is -0.479 e. The van der Waals surface area contributed by atoms with Gasteiger partial charge < -0.3 is 109 Å². The van der Waals surface area contributed by atoms with Crippen molar-refractivity contribution in [1.29, 1.82) is 0 Å². The van der Waals surface area contributed by atoms with E-state index in [9.17, 15) is 75.0 Å². The van der Waals surface area contributed by atoms with Gasteiger partial charge in [-0.1, -0.05) is 0 Å². The highest BCUT2D eigenvalue weighted by atomic mass is 16.8. The Hall–Kier alpha value is -4.53. The number of methoxy groups -OCH3 is 1. The fourth-order valence-corrected chi connectivity index (χ4v) is 8.14. The van der Waals surface area contributed by atoms with E-state index in [0.29, 0.717) is 10.9 Å². The Morgan fingerprint density at radius 2 is 1.09 bits per heavy atom. The number of hydrogen-bond acceptors (Lipinski definition) is 23. The number of carboxylic acids is 2. The summed E-state index contributed by atoms with van der Waals surface area (Å²) in [6.45, 7) is 1.85. The summed E-state index contributed by atoms with van der Waals surface area (Å²) in [7, 11) is 1.04. The van der Waals surface area contributed by atoms with Crippen LogP contribution in [0.2, 0.25) is 0 Å². The minimum atomic E-state index is -2.33. The summed E-state index contributed by atoms with van der Waals surface area (Å²) >= 11 is 0. The summed E-state index contributed by atoms with van der Waals surface area (Å²) in [4.78, 5) is 61.9. The van der Waals surface area contributed by atoms with Crippen LogP contribution in [0.3, 0.4) is 0 Å². The monoisotopic (exact) mass is 948 g/mol. The van der Waals surface area contributed by atoms with Crippen LogP contribution in [-0.4, -0.2) is 218 Å². The second-order valence-corrected chi connectivity index (χ2v) is 15.9. The number of carboxylic acid groups (broad SMARTS) is 2. The van der Waals surface area contributed by atoms with Crippen LogP contribution >= 0.6 is 0 Å². The molecule has 6 rings (SSSR count). The van der Waals surface area contributed by atoms with E-state index in [4.69, 9.17) is 47.0 Å². The number of hydrogen-bond donors (Lipinski definition) is 12. The summed E-state index contributed by atoms with van der Waals surface area (Å²) in [5.41, 5.74) is 0.0427. The summed E-state index contributed by atoms with van der Waals surface area (Å²) < 4.78 is 56.2. The van der Waals surface area contributed by atoms with Crippen molar-refractivity contribution in [1.82, 2.24) is 10.6 Å². The highest BCUT2D eigenvalue weighted by Crippen LogP contribution is 2.36. The Morgan fingerprint density at radius 1 is 0.621 bits per heavy atom. The van der Waals surface area contributed by atoms with Gasteiger partial charge in [0.05, 0.1) is 13.2 Å². The maximum absolute atomic E-state index is 12.8. The van der Waals surface area contributed by atoms with Crippen LogP contribution in [0, 0.1) is 6.92 Å². The van der Waals surface area contributed by atoms with Crippen LogP contribution in [0.5, 0.6) is 5.75 Å². The lowest BCUT2D eigenvalue weighted by Gasteiger charge is -2.50. The quantitative estimate of drug-likeness (QED) is 0.0739. The number of benzene rings is 1. The van der Waals surface area contributed by atoms with Gasteiger partial charge in [-0.3, -0.25) is 9.59 Å². The number of nitrogens with one attached hydrogen (secondary N) is 2. The number of aryl methyl sites for hydroxylation is 1. The zero-order chi connectivity index (χ0) is 48.5. The van der Waals surface area contributed by atoms with Gasteiger partial charge >= 0.3 is 17.6 Å². The summed E-state index contributed by atoms with van der Waals surface area (Å²) in [6.07, 6.45) is -35.4. The SMILES string of the molecule is CO[C@H]1[C@H](O)[C@@H](O)[C@H](O[C@H]2[C@H](O)[C@@H](CO)O[C@@H](O[C@H]3[C@H](O)[C@@H](O)[C@H](O[C@H]4[C@H](O)[C@@H](CO)O[C@@H](Oc5ccc6c(C)cc(=O)oc6c5)[C@@H]4NC(C)=O)O[C@@H]3C(=O)O)[C@@H]2NC(C)=O)O[C@@H]1C(=O)O. The molecular formula is C39H52N2O25. The number of aliphatic hydroxyl groups is 8. The average Bonchev–Trinajstić information content (AvgIpc) is 3.25. The molecule has 0 saturated carbocycles. The van der Waals surface area contributed by atoms with Crippen molar-refractivity contribution in [3.63, 3.8) is 0 Å². The zero-order valence-electron chi connectivity index (χ0n) is 35.4. The fourth-order valence-electron chi connectivity index (χ4n) is 8.14. The summed E-state index contributed by atoms with van der Waals surface area (Å²) in [6, 6.07) is 2.30. The molecule has 27 heteroatoms. The second-order valence-electron chi connectivity index (χ2n) is 15.9. The van der Waals surface area contributed by atoms with Crippen LogP contribution in [0.25, 0.3) is 11.0 Å². The lowest BCUT2D eigenvalue weighted by atomic mass is 9.94. The number of ether oxygens (including phenoxy) is 9. The first-order valence-electron chi connectivity index (χ1n) is 20.3. The van der Waals surface area contributed by atoms with E-state index in [1.807, 2.05) is 0 Å². The third-order valence-electron chi connectivity index (χ3n) is 11.3. The number of carbonyl (C=O) groups excluding carboxylic acids is 2. The Bertz CT molecular complexity index is 2110. The van der Waals surface area contributed by atoms with Crippen molar-refractivity contribution in [3.8, 4) is 5.75 Å². The third-order valence-corrected chi connectivity index (χ3v) is 11.3. The predicted octanol–water partition coefficient (Wildman–Crippen LogP) is -6.12. The van der Waals surface area contributed by atoms with Crippen molar-refractivity contribution in [2.45, 2.75) is 143 Å². The molecule has 4 saturated heterocycles. The molecule has 368 valence electrons. The second kappa shape index (κ2) is 21.2. The van der Waals surface area contributed by atoms with E-state index in [1.165, 1.54) is 18.2 Å². The highest BCUT2D eigenvalue weighted by Gasteiger charge is 2.58. The molecule has 20 atom stereocenters. The molecule has 12 N–H and O–H groups in total. The van der Waals surface area contributed by atoms with Gasteiger partial charge in [0.25, 0.3) is 0 Å². The van der Waals surface area contributed by atoms with Crippen molar-refractivity contribution in [2.24, 2.45) is 0 Å². The van der Waals surface area contributed by atoms with Gasteiger partial charge in [0.15, 0.2) is 31.1 Å². The van der Waals surface area contributed by atoms with Crippen LogP contribution in [0.1, 0.15) is 19.4 Å². The number of carbonyl (C=O) groups is 4. The molecule has 66 heavy (non-hydrogen) atoms. The van der Waals surface area contributed by atoms with Gasteiger partial charge in [0.2, 0.25) is 18.1 Å². The third kappa shape index (κ3) is 10.6. The molecule has 4 fully saturated rings. The summed E-state index contributed by atoms with van der Waals surface area (Å²) in [5.74, 6) is -5.11. The number of rotatable bonds is 15. The van der Waals surface area contributed by atoms with E-state index < -0.39 is 165 Å². The Kier molecular flexibility index (Phi) is 16.3. The van der Waals surface area contributed by atoms with Gasteiger partial charge in [-0.25, -0.2) is 14.4 Å². The Labute approximate surface area is 372 Å². The molecular weight excluding hydrogens is 896 g/mol. The van der Waals surface area contributed by atoms with E-state index >= 15 is 0 Å². The lowest BCUT2D eigenvalue weighted by molar-refractivity contribution is -0.368. The first-order valence-corrected chi connectivity index (χ1v) is 20.3. The Balaban J connectivity index is 1.26. The molecule has 0 unspecified atom stereocenters. The fraction of sp³-hybridized carbons (Fsp3) is 0.667. The van der Waals surface area contributed by atoms with E-state index in [2.05, 4.69) is 10.6 Å². The van der Waals surface area contributed by atoms with Crippen molar-refractivity contribution in [2.75, 3.05) is 20.3 Å². The van der Waals surface area contributed by atoms with Crippen LogP contribution in [-0.2, 0) is 57.1 Å². The summed E-state index contributed by atoms with van der Waals surface area (Å²) in [5, 5.41) is 113. The minimum absolute atomic E-state index is 0.00838. The number of amides is 2. The largest absolute Gasteiger partial charge is 0.479 e. The first kappa shape index (κ1) is 50.9. The molecule has 1 aromatic carbocycles. The molecule has 27 nitrogen and oxygen atoms in total. The molecule has 0 aliphatic carbocycles. The molecule has 0 radical (unpaired) electrons. The van der Waals surface area contributed by atoms with Gasteiger partial charge in [-0.2, -0.15) is 0 Å². The van der Waals surface area contributed by atoms with Crippen LogP contribution < -0.4 is 21.0 Å². The van der Waals surface area contributed by atoms with Gasteiger partial charge in [-0.05, 0) is 24.6 Å². The van der Waals surface area contributed by atoms with Crippen LogP contribution in [0.4, 0.5) is 0 Å². The molecule has 0 bridgehead atoms. The maximum Gasteiger partial charge on any atom is 0.336 e. The normalized spacial score (nSPS) is 39.5. The van der Waals surface area contributed by atoms with Gasteiger partial charge in [-0.15, -0.1) is 0 Å². The molecule has 1 aromatic heterocycles. The van der Waals surface area contributed by atoms with E-state index in [-0.39, 0.29) is 11.3 Å². The van der Waals surface area contributed by atoms with E-state index in [0.717, 1.165) is 21.0 Å². The standard InChI is InChI=1S/C39H52N2O25/c1-11-7-19(46)59-16-8-14(5-6-15(11)16)58-36-20(40-12(2)44)28(22(47)17(9-42)60-36)62-39-27(52)25(50)31(33(66-39)35(55)56)64-37-21(41-13(3)45)29(23(48)18(10-43)61-37)63-38-26(51)24(49)30(57-4)32(65-38)34(53)54/h5-8,17-18,20-33,36-39,42-43,47-52H,9-10H2,1-4H3,(H,40,44)(H,41,45)(H,53,54)(H,55,56)/t17-,18-,20-,21-,22-,23-,24-,25-,26-,27-,28-,29-,30+,31+,32+,33+,36-,37+,38-,39-/m1/s1. The van der Waals surface area contributed by atoms with Gasteiger partial charge in [0, 0.05) is 38.5 Å². The average molecular weight is 949 g/mol. The molecule has 2 aromatic rings. The number of fused-ring (bicyclic) bond motifs is 1. The van der Waals surface area contributed by atoms with E-state index in [1.54, 1.807) is 13.0 Å².